The number of carbonyl (C=O) groups excluding carboxylic acids is 4. The van der Waals surface area contributed by atoms with E-state index >= 15 is 0 Å². The lowest BCUT2D eigenvalue weighted by Crippen LogP contribution is -2.67. The van der Waals surface area contributed by atoms with Crippen molar-refractivity contribution in [1.29, 1.82) is 0 Å². The average Bonchev–Trinajstić information content (AvgIpc) is 2.90. The van der Waals surface area contributed by atoms with Gasteiger partial charge < -0.3 is 25.2 Å². The minimum absolute atomic E-state index is 0.00127. The van der Waals surface area contributed by atoms with Crippen molar-refractivity contribution < 1.29 is 44.3 Å². The minimum atomic E-state index is -2.66. The normalized spacial score (nSPS) is 28.8. The van der Waals surface area contributed by atoms with Gasteiger partial charge in [-0.2, -0.15) is 0 Å². The standard InChI is InChI=1S/C33H34O9/c1-15(2)24-26(36)22(16(3)34)28(38)33(41)29(39)25-27(37)23-20(13-31(25,4)14-32(24,33)5)19(11-12-21(23)35)17-7-9-18(10-8-17)30(40)42-6/h7-12,15,24,35-36,39,41H,13-14H2,1-6H3/t24?,31-,32-,33+/m1/s1. The molecule has 4 N–H and O–H groups in total. The zero-order chi connectivity index (χ0) is 31.1. The third-order valence-electron chi connectivity index (χ3n) is 9.51. The summed E-state index contributed by atoms with van der Waals surface area (Å²) in [6.45, 7) is 8.02. The SMILES string of the molecule is COC(=O)c1ccc(-c2ccc(O)c3c2C[C@]2(C)C[C@]4(C)C(C(C)C)C(O)=C(C(C)=O)C(=O)[C@]4(O)C(O)=C2C3=O)cc1. The van der Waals surface area contributed by atoms with Crippen LogP contribution >= 0.6 is 0 Å². The Hall–Kier alpha value is -4.24. The summed E-state index contributed by atoms with van der Waals surface area (Å²) in [5.74, 6) is -6.03. The molecule has 0 aromatic heterocycles. The maximum absolute atomic E-state index is 14.2. The number of rotatable bonds is 4. The molecule has 0 radical (unpaired) electrons. The zero-order valence-electron chi connectivity index (χ0n) is 24.4. The molecule has 0 spiro atoms. The third-order valence-corrected chi connectivity index (χ3v) is 9.51. The Morgan fingerprint density at radius 3 is 2.17 bits per heavy atom. The number of aliphatic hydroxyl groups is 3. The van der Waals surface area contributed by atoms with Crippen LogP contribution in [0, 0.1) is 22.7 Å². The fourth-order valence-electron chi connectivity index (χ4n) is 7.91. The average molecular weight is 575 g/mol. The van der Waals surface area contributed by atoms with Gasteiger partial charge in [-0.15, -0.1) is 0 Å². The lowest BCUT2D eigenvalue weighted by molar-refractivity contribution is -0.171. The highest BCUT2D eigenvalue weighted by Gasteiger charge is 2.71. The van der Waals surface area contributed by atoms with Crippen molar-refractivity contribution in [3.63, 3.8) is 0 Å². The first-order valence-corrected chi connectivity index (χ1v) is 13.8. The minimum Gasteiger partial charge on any atom is -0.511 e. The maximum Gasteiger partial charge on any atom is 0.337 e. The Morgan fingerprint density at radius 1 is 1.00 bits per heavy atom. The van der Waals surface area contributed by atoms with Gasteiger partial charge in [0.15, 0.2) is 17.2 Å². The molecular weight excluding hydrogens is 540 g/mol. The molecule has 3 aliphatic rings. The van der Waals surface area contributed by atoms with Crippen LogP contribution in [-0.4, -0.2) is 56.5 Å². The van der Waals surface area contributed by atoms with Crippen LogP contribution in [0.4, 0.5) is 0 Å². The van der Waals surface area contributed by atoms with Crippen LogP contribution < -0.4 is 0 Å². The van der Waals surface area contributed by atoms with Gasteiger partial charge in [0.05, 0.1) is 18.2 Å². The summed E-state index contributed by atoms with van der Waals surface area (Å²) in [5, 5.41) is 46.0. The predicted molar refractivity (Wildman–Crippen MR) is 152 cm³/mol. The predicted octanol–water partition coefficient (Wildman–Crippen LogP) is 4.80. The Labute approximate surface area is 243 Å². The van der Waals surface area contributed by atoms with Crippen LogP contribution in [0.1, 0.15) is 67.3 Å². The van der Waals surface area contributed by atoms with Crippen molar-refractivity contribution in [1.82, 2.24) is 0 Å². The van der Waals surface area contributed by atoms with Gasteiger partial charge in [0, 0.05) is 22.3 Å². The van der Waals surface area contributed by atoms with Gasteiger partial charge in [0.1, 0.15) is 22.8 Å². The summed E-state index contributed by atoms with van der Waals surface area (Å²) in [6.07, 6.45) is 0.145. The first-order chi connectivity index (χ1) is 19.5. The largest absolute Gasteiger partial charge is 0.511 e. The van der Waals surface area contributed by atoms with Crippen molar-refractivity contribution in [2.75, 3.05) is 7.11 Å². The molecule has 0 bridgehead atoms. The molecule has 0 fully saturated rings. The number of carbonyl (C=O) groups is 4. The molecule has 1 unspecified atom stereocenters. The highest BCUT2D eigenvalue weighted by atomic mass is 16.5. The summed E-state index contributed by atoms with van der Waals surface area (Å²) < 4.78 is 4.78. The molecule has 4 atom stereocenters. The second-order valence-electron chi connectivity index (χ2n) is 12.5. The number of hydrogen-bond acceptors (Lipinski definition) is 9. The van der Waals surface area contributed by atoms with E-state index in [-0.39, 0.29) is 35.6 Å². The summed E-state index contributed by atoms with van der Waals surface area (Å²) in [5.41, 5.74) is -4.01. The summed E-state index contributed by atoms with van der Waals surface area (Å²) >= 11 is 0. The molecule has 0 amide bonds. The first kappa shape index (κ1) is 29.3. The Morgan fingerprint density at radius 2 is 1.62 bits per heavy atom. The fourth-order valence-corrected chi connectivity index (χ4v) is 7.91. The fraction of sp³-hybridized carbons (Fsp3) is 0.394. The molecule has 9 nitrogen and oxygen atoms in total. The van der Waals surface area contributed by atoms with E-state index in [1.165, 1.54) is 13.2 Å². The van der Waals surface area contributed by atoms with E-state index in [0.29, 0.717) is 22.3 Å². The first-order valence-electron chi connectivity index (χ1n) is 13.8. The Bertz CT molecular complexity index is 1640. The van der Waals surface area contributed by atoms with Crippen LogP contribution in [0.15, 0.2) is 59.1 Å². The van der Waals surface area contributed by atoms with Crippen molar-refractivity contribution in [2.45, 2.75) is 53.1 Å². The molecule has 0 saturated heterocycles. The monoisotopic (exact) mass is 574 g/mol. The van der Waals surface area contributed by atoms with Crippen LogP contribution in [-0.2, 0) is 20.7 Å². The Kier molecular flexibility index (Phi) is 6.54. The molecule has 0 saturated carbocycles. The van der Waals surface area contributed by atoms with Gasteiger partial charge in [-0.1, -0.05) is 45.9 Å². The topological polar surface area (TPSA) is 158 Å². The van der Waals surface area contributed by atoms with Crippen molar-refractivity contribution in [3.05, 3.63) is 75.8 Å². The summed E-state index contributed by atoms with van der Waals surface area (Å²) in [6, 6.07) is 9.62. The van der Waals surface area contributed by atoms with Gasteiger partial charge in [-0.05, 0) is 60.6 Å². The van der Waals surface area contributed by atoms with Gasteiger partial charge in [-0.25, -0.2) is 4.79 Å². The molecule has 2 aromatic rings. The van der Waals surface area contributed by atoms with E-state index < -0.39 is 62.8 Å². The van der Waals surface area contributed by atoms with Crippen molar-refractivity contribution in [3.8, 4) is 16.9 Å². The number of allylic oxidation sites excluding steroid dienone is 2. The Balaban J connectivity index is 1.76. The van der Waals surface area contributed by atoms with Gasteiger partial charge in [0.25, 0.3) is 0 Å². The number of Topliss-reactive ketones (excluding diaryl/α,β-unsaturated/α-hetero) is 3. The number of esters is 1. The van der Waals surface area contributed by atoms with E-state index in [1.807, 2.05) is 0 Å². The number of ketones is 3. The molecule has 5 rings (SSSR count). The van der Waals surface area contributed by atoms with E-state index in [0.717, 1.165) is 6.92 Å². The smallest absolute Gasteiger partial charge is 0.337 e. The number of phenols is 1. The van der Waals surface area contributed by atoms with E-state index in [2.05, 4.69) is 0 Å². The maximum atomic E-state index is 14.2. The molecule has 0 heterocycles. The van der Waals surface area contributed by atoms with Crippen molar-refractivity contribution >= 4 is 23.3 Å². The van der Waals surface area contributed by atoms with Crippen molar-refractivity contribution in [2.24, 2.45) is 22.7 Å². The number of phenolic OH excluding ortho intramolecular Hbond substituents is 1. The number of aliphatic hydroxyl groups excluding tert-OH is 2. The van der Waals surface area contributed by atoms with E-state index in [9.17, 15) is 39.6 Å². The zero-order valence-corrected chi connectivity index (χ0v) is 24.4. The third kappa shape index (κ3) is 3.65. The molecular formula is C33H34O9. The lowest BCUT2D eigenvalue weighted by Gasteiger charge is -2.59. The lowest BCUT2D eigenvalue weighted by atomic mass is 9.44. The number of benzene rings is 2. The van der Waals surface area contributed by atoms with Crippen LogP contribution in [0.3, 0.4) is 0 Å². The molecule has 3 aliphatic carbocycles. The second-order valence-corrected chi connectivity index (χ2v) is 12.5. The van der Waals surface area contributed by atoms with Gasteiger partial charge >= 0.3 is 5.97 Å². The number of fused-ring (bicyclic) bond motifs is 3. The summed E-state index contributed by atoms with van der Waals surface area (Å²) in [4.78, 5) is 52.4. The number of aromatic hydroxyl groups is 1. The second kappa shape index (κ2) is 9.39. The quantitative estimate of drug-likeness (QED) is 0.297. The molecule has 9 heteroatoms. The highest BCUT2D eigenvalue weighted by molar-refractivity contribution is 6.25. The highest BCUT2D eigenvalue weighted by Crippen LogP contribution is 2.65. The van der Waals surface area contributed by atoms with E-state index in [4.69, 9.17) is 4.74 Å². The van der Waals surface area contributed by atoms with Crippen LogP contribution in [0.2, 0.25) is 0 Å². The van der Waals surface area contributed by atoms with Crippen LogP contribution in [0.5, 0.6) is 5.75 Å². The van der Waals surface area contributed by atoms with Gasteiger partial charge in [-0.3, -0.25) is 14.4 Å². The van der Waals surface area contributed by atoms with Crippen LogP contribution in [0.25, 0.3) is 11.1 Å². The summed E-state index contributed by atoms with van der Waals surface area (Å²) in [7, 11) is 1.28. The molecule has 0 aliphatic heterocycles. The van der Waals surface area contributed by atoms with Gasteiger partial charge in [0.2, 0.25) is 5.78 Å². The molecule has 2 aromatic carbocycles. The number of hydrogen-bond donors (Lipinski definition) is 4. The number of ether oxygens (including phenoxy) is 1. The molecule has 220 valence electrons. The van der Waals surface area contributed by atoms with E-state index in [1.54, 1.807) is 58.0 Å². The molecule has 42 heavy (non-hydrogen) atoms. The number of methoxy groups -OCH3 is 1.